The summed E-state index contributed by atoms with van der Waals surface area (Å²) < 4.78 is 0. The number of carbonyl (C=O) groups excluding carboxylic acids is 1. The second-order valence-electron chi connectivity index (χ2n) is 9.83. The summed E-state index contributed by atoms with van der Waals surface area (Å²) in [5, 5.41) is 10.9. The number of hydrogen-bond acceptors (Lipinski definition) is 3. The van der Waals surface area contributed by atoms with Crippen LogP contribution in [0.3, 0.4) is 0 Å². The molecule has 3 aromatic rings. The molecule has 0 aliphatic heterocycles. The van der Waals surface area contributed by atoms with Gasteiger partial charge in [0.1, 0.15) is 0 Å². The molecule has 1 radical (unpaired) electrons. The van der Waals surface area contributed by atoms with Crippen molar-refractivity contribution in [2.75, 3.05) is 0 Å². The first-order valence-corrected chi connectivity index (χ1v) is 12.5. The van der Waals surface area contributed by atoms with Crippen molar-refractivity contribution in [1.29, 1.82) is 0 Å². The summed E-state index contributed by atoms with van der Waals surface area (Å²) in [4.78, 5) is 14.7. The van der Waals surface area contributed by atoms with Crippen molar-refractivity contribution in [3.05, 3.63) is 77.2 Å². The molecular formula is C31H38IrNO2-. The third-order valence-corrected chi connectivity index (χ3v) is 6.74. The molecule has 0 amide bonds. The number of rotatable bonds is 4. The van der Waals surface area contributed by atoms with Crippen LogP contribution in [0.2, 0.25) is 0 Å². The Morgan fingerprint density at radius 3 is 2.31 bits per heavy atom. The zero-order valence-electron chi connectivity index (χ0n) is 21.7. The molecule has 1 unspecified atom stereocenters. The van der Waals surface area contributed by atoms with E-state index in [0.717, 1.165) is 17.2 Å². The van der Waals surface area contributed by atoms with Crippen LogP contribution in [-0.4, -0.2) is 15.9 Å². The minimum absolute atomic E-state index is 0. The number of pyridine rings is 1. The molecule has 4 rings (SSSR count). The van der Waals surface area contributed by atoms with Crippen LogP contribution in [0.5, 0.6) is 0 Å². The number of aliphatic hydroxyl groups excluding tert-OH is 1. The molecule has 35 heavy (non-hydrogen) atoms. The Hall–Kier alpha value is -2.29. The molecule has 4 heteroatoms. The Bertz CT molecular complexity index is 1140. The quantitative estimate of drug-likeness (QED) is 0.134. The first-order chi connectivity index (χ1) is 16.2. The van der Waals surface area contributed by atoms with E-state index in [0.29, 0.717) is 5.92 Å². The number of aromatic nitrogens is 1. The Labute approximate surface area is 224 Å². The van der Waals surface area contributed by atoms with E-state index < -0.39 is 0 Å². The second-order valence-corrected chi connectivity index (χ2v) is 9.83. The molecule has 3 nitrogen and oxygen atoms in total. The largest absolute Gasteiger partial charge is 0.512 e. The average Bonchev–Trinajstić information content (AvgIpc) is 3.06. The Morgan fingerprint density at radius 1 is 1.06 bits per heavy atom. The van der Waals surface area contributed by atoms with Gasteiger partial charge in [-0.1, -0.05) is 64.7 Å². The van der Waals surface area contributed by atoms with E-state index in [1.807, 2.05) is 6.20 Å². The SMILES string of the molecule is CC(=O)/C=C(/C)O.Cc1[c-]c(-c2nccc3cc(C(C)C4CCCCCC4)ccc23)cc(C)c1.[Ir]. The fourth-order valence-corrected chi connectivity index (χ4v) is 5.09. The fraction of sp³-hybridized carbons (Fsp3) is 0.419. The van der Waals surface area contributed by atoms with E-state index in [4.69, 9.17) is 10.1 Å². The number of hydrogen-bond donors (Lipinski definition) is 1. The van der Waals surface area contributed by atoms with Gasteiger partial charge in [-0.2, -0.15) is 0 Å². The number of allylic oxidation sites excluding steroid dienone is 2. The molecule has 0 spiro atoms. The number of ketones is 1. The average molecular weight is 649 g/mol. The molecule has 0 saturated heterocycles. The predicted octanol–water partition coefficient (Wildman–Crippen LogP) is 8.43. The molecule has 2 aromatic carbocycles. The molecule has 1 aromatic heterocycles. The van der Waals surface area contributed by atoms with Crippen LogP contribution in [0.15, 0.2) is 54.4 Å². The van der Waals surface area contributed by atoms with Crippen LogP contribution in [-0.2, 0) is 24.9 Å². The zero-order chi connectivity index (χ0) is 24.7. The minimum atomic E-state index is -0.125. The Morgan fingerprint density at radius 2 is 1.74 bits per heavy atom. The first kappa shape index (κ1) is 28.9. The Kier molecular flexibility index (Phi) is 11.3. The van der Waals surface area contributed by atoms with Crippen molar-refractivity contribution in [3.63, 3.8) is 0 Å². The summed E-state index contributed by atoms with van der Waals surface area (Å²) in [5.74, 6) is 1.41. The van der Waals surface area contributed by atoms with Crippen LogP contribution >= 0.6 is 0 Å². The van der Waals surface area contributed by atoms with Gasteiger partial charge < -0.3 is 10.1 Å². The van der Waals surface area contributed by atoms with Crippen molar-refractivity contribution in [2.45, 2.75) is 79.1 Å². The summed E-state index contributed by atoms with van der Waals surface area (Å²) >= 11 is 0. The molecule has 1 fully saturated rings. The van der Waals surface area contributed by atoms with Crippen LogP contribution in [0.4, 0.5) is 0 Å². The summed E-state index contributed by atoms with van der Waals surface area (Å²) in [6.07, 6.45) is 11.5. The zero-order valence-corrected chi connectivity index (χ0v) is 24.0. The molecule has 1 saturated carbocycles. The first-order valence-electron chi connectivity index (χ1n) is 12.5. The predicted molar refractivity (Wildman–Crippen MR) is 142 cm³/mol. The van der Waals surface area contributed by atoms with Crippen LogP contribution in [0.25, 0.3) is 22.0 Å². The summed E-state index contributed by atoms with van der Waals surface area (Å²) in [6, 6.07) is 17.0. The maximum atomic E-state index is 10.0. The van der Waals surface area contributed by atoms with Gasteiger partial charge in [-0.25, -0.2) is 0 Å². The van der Waals surface area contributed by atoms with Gasteiger partial charge in [0, 0.05) is 32.4 Å². The van der Waals surface area contributed by atoms with Gasteiger partial charge in [-0.15, -0.1) is 34.9 Å². The Balaban J connectivity index is 0.000000476. The van der Waals surface area contributed by atoms with Gasteiger partial charge in [0.15, 0.2) is 5.78 Å². The van der Waals surface area contributed by atoms with Crippen molar-refractivity contribution in [3.8, 4) is 11.3 Å². The molecule has 1 heterocycles. The number of benzene rings is 2. The van der Waals surface area contributed by atoms with Crippen molar-refractivity contribution >= 4 is 16.6 Å². The smallest absolute Gasteiger partial charge is 0.155 e. The topological polar surface area (TPSA) is 50.2 Å². The van der Waals surface area contributed by atoms with Crippen LogP contribution in [0.1, 0.15) is 81.9 Å². The van der Waals surface area contributed by atoms with E-state index in [9.17, 15) is 4.79 Å². The van der Waals surface area contributed by atoms with E-state index >= 15 is 0 Å². The van der Waals surface area contributed by atoms with Crippen molar-refractivity contribution < 1.29 is 30.0 Å². The second kappa shape index (κ2) is 13.7. The van der Waals surface area contributed by atoms with Gasteiger partial charge in [-0.3, -0.25) is 4.79 Å². The standard InChI is InChI=1S/C26H30N.C5H8O2.Ir/c1-18-14-19(2)16-24(15-18)26-25-11-10-22(17-23(25)12-13-27-26)20(3)21-8-6-4-5-7-9-21;1-4(6)3-5(2)7;/h10-15,17,20-21H,4-9H2,1-3H3;3,6H,1-2H3;/q-1;;/b;4-3-;. The number of carbonyl (C=O) groups is 1. The summed E-state index contributed by atoms with van der Waals surface area (Å²) in [7, 11) is 0. The third kappa shape index (κ3) is 8.40. The molecule has 1 N–H and O–H groups in total. The van der Waals surface area contributed by atoms with Gasteiger partial charge >= 0.3 is 0 Å². The molecule has 1 atom stereocenters. The number of fused-ring (bicyclic) bond motifs is 1. The summed E-state index contributed by atoms with van der Waals surface area (Å²) in [5.41, 5.74) is 6.06. The number of nitrogens with zero attached hydrogens (tertiary/aromatic N) is 1. The van der Waals surface area contributed by atoms with Gasteiger partial charge in [0.2, 0.25) is 0 Å². The van der Waals surface area contributed by atoms with Crippen molar-refractivity contribution in [1.82, 2.24) is 4.98 Å². The maximum absolute atomic E-state index is 10.0. The molecule has 1 aliphatic carbocycles. The van der Waals surface area contributed by atoms with E-state index in [1.54, 1.807) is 0 Å². The number of aryl methyl sites for hydroxylation is 2. The van der Waals surface area contributed by atoms with Gasteiger partial charge in [0.05, 0.1) is 5.76 Å². The van der Waals surface area contributed by atoms with E-state index in [1.165, 1.54) is 85.9 Å². The molecule has 0 bridgehead atoms. The van der Waals surface area contributed by atoms with E-state index in [-0.39, 0.29) is 31.6 Å². The maximum Gasteiger partial charge on any atom is 0.155 e. The molecule has 1 aliphatic rings. The monoisotopic (exact) mass is 649 g/mol. The summed E-state index contributed by atoms with van der Waals surface area (Å²) in [6.45, 7) is 9.52. The van der Waals surface area contributed by atoms with Crippen LogP contribution in [0, 0.1) is 25.8 Å². The number of aliphatic hydroxyl groups is 1. The minimum Gasteiger partial charge on any atom is -0.512 e. The van der Waals surface area contributed by atoms with E-state index in [2.05, 4.69) is 63.2 Å². The van der Waals surface area contributed by atoms with Crippen molar-refractivity contribution in [2.24, 2.45) is 5.92 Å². The fourth-order valence-electron chi connectivity index (χ4n) is 5.09. The normalized spacial score (nSPS) is 15.4. The third-order valence-electron chi connectivity index (χ3n) is 6.74. The molecular weight excluding hydrogens is 611 g/mol. The van der Waals surface area contributed by atoms with Gasteiger partial charge in [-0.05, 0) is 66.6 Å². The van der Waals surface area contributed by atoms with Gasteiger partial charge in [0.25, 0.3) is 0 Å². The molecule has 189 valence electrons. The van der Waals surface area contributed by atoms with Crippen LogP contribution < -0.4 is 0 Å².